The zero-order valence-electron chi connectivity index (χ0n) is 14.1. The molecule has 2 rings (SSSR count). The zero-order chi connectivity index (χ0) is 16.9. The highest BCUT2D eigenvalue weighted by molar-refractivity contribution is 5.83. The van der Waals surface area contributed by atoms with Gasteiger partial charge in [0.05, 0.1) is 25.7 Å². The Morgan fingerprint density at radius 2 is 1.96 bits per heavy atom. The summed E-state index contributed by atoms with van der Waals surface area (Å²) in [4.78, 5) is 12.7. The summed E-state index contributed by atoms with van der Waals surface area (Å²) in [5, 5.41) is 3.08. The van der Waals surface area contributed by atoms with Crippen LogP contribution in [0.15, 0.2) is 18.2 Å². The Bertz CT molecular complexity index is 541. The van der Waals surface area contributed by atoms with E-state index >= 15 is 0 Å². The summed E-state index contributed by atoms with van der Waals surface area (Å²) in [6, 6.07) is 5.49. The molecule has 0 radical (unpaired) electrons. The number of benzene rings is 1. The molecule has 1 unspecified atom stereocenters. The number of nitrogens with two attached hydrogens (primary N) is 1. The Labute approximate surface area is 137 Å². The van der Waals surface area contributed by atoms with Gasteiger partial charge in [0.2, 0.25) is 5.91 Å². The predicted molar refractivity (Wildman–Crippen MR) is 87.6 cm³/mol. The van der Waals surface area contributed by atoms with Crippen molar-refractivity contribution >= 4 is 5.91 Å². The summed E-state index contributed by atoms with van der Waals surface area (Å²) in [7, 11) is 3.19. The molecule has 0 bridgehead atoms. The second kappa shape index (κ2) is 7.66. The Morgan fingerprint density at radius 3 is 2.52 bits per heavy atom. The van der Waals surface area contributed by atoms with Crippen molar-refractivity contribution < 1.29 is 19.0 Å². The van der Waals surface area contributed by atoms with Gasteiger partial charge in [0.25, 0.3) is 0 Å². The SMILES string of the molecule is COc1ccc(C(C)NC(=O)C2(CN)CCOCC2)cc1OC. The van der Waals surface area contributed by atoms with E-state index < -0.39 is 5.41 Å². The smallest absolute Gasteiger partial charge is 0.228 e. The van der Waals surface area contributed by atoms with Gasteiger partial charge in [0.15, 0.2) is 11.5 Å². The summed E-state index contributed by atoms with van der Waals surface area (Å²) >= 11 is 0. The standard InChI is InChI=1S/C17H26N2O4/c1-12(13-4-5-14(21-2)15(10-13)22-3)19-16(20)17(11-18)6-8-23-9-7-17/h4-5,10,12H,6-9,11,18H2,1-3H3,(H,19,20). The first-order valence-corrected chi connectivity index (χ1v) is 7.87. The lowest BCUT2D eigenvalue weighted by Gasteiger charge is -2.35. The molecule has 6 nitrogen and oxygen atoms in total. The van der Waals surface area contributed by atoms with Crippen molar-refractivity contribution in [2.24, 2.45) is 11.1 Å². The van der Waals surface area contributed by atoms with Gasteiger partial charge in [0, 0.05) is 19.8 Å². The van der Waals surface area contributed by atoms with Crippen molar-refractivity contribution in [3.8, 4) is 11.5 Å². The molecule has 6 heteroatoms. The lowest BCUT2D eigenvalue weighted by molar-refractivity contribution is -0.136. The van der Waals surface area contributed by atoms with Gasteiger partial charge in [-0.25, -0.2) is 0 Å². The minimum absolute atomic E-state index is 0.00872. The van der Waals surface area contributed by atoms with Crippen molar-refractivity contribution in [3.05, 3.63) is 23.8 Å². The third-order valence-electron chi connectivity index (χ3n) is 4.58. The van der Waals surface area contributed by atoms with E-state index in [2.05, 4.69) is 5.32 Å². The Balaban J connectivity index is 2.11. The van der Waals surface area contributed by atoms with Crippen LogP contribution in [0.25, 0.3) is 0 Å². The van der Waals surface area contributed by atoms with Gasteiger partial charge >= 0.3 is 0 Å². The predicted octanol–water partition coefficient (Wildman–Crippen LogP) is 1.64. The normalized spacial score (nSPS) is 18.1. The van der Waals surface area contributed by atoms with Crippen molar-refractivity contribution in [2.75, 3.05) is 34.0 Å². The number of ether oxygens (including phenoxy) is 3. The van der Waals surface area contributed by atoms with Crippen LogP contribution >= 0.6 is 0 Å². The monoisotopic (exact) mass is 322 g/mol. The number of carbonyl (C=O) groups is 1. The van der Waals surface area contributed by atoms with Crippen LogP contribution in [-0.4, -0.2) is 39.9 Å². The number of hydrogen-bond donors (Lipinski definition) is 2. The average molecular weight is 322 g/mol. The fourth-order valence-electron chi connectivity index (χ4n) is 2.84. The van der Waals surface area contributed by atoms with Crippen LogP contribution in [0.4, 0.5) is 0 Å². The van der Waals surface area contributed by atoms with Gasteiger partial charge in [-0.2, -0.15) is 0 Å². The molecule has 1 heterocycles. The molecule has 1 atom stereocenters. The first-order valence-electron chi connectivity index (χ1n) is 7.87. The van der Waals surface area contributed by atoms with Gasteiger partial charge in [-0.15, -0.1) is 0 Å². The first-order chi connectivity index (χ1) is 11.1. The molecule has 1 aromatic carbocycles. The maximum atomic E-state index is 12.7. The lowest BCUT2D eigenvalue weighted by Crippen LogP contribution is -2.49. The molecule has 23 heavy (non-hydrogen) atoms. The Kier molecular flexibility index (Phi) is 5.85. The average Bonchev–Trinajstić information content (AvgIpc) is 2.61. The summed E-state index contributed by atoms with van der Waals surface area (Å²) in [6.45, 7) is 3.44. The molecule has 3 N–H and O–H groups in total. The third-order valence-corrected chi connectivity index (χ3v) is 4.58. The van der Waals surface area contributed by atoms with Crippen LogP contribution in [0.3, 0.4) is 0 Å². The van der Waals surface area contributed by atoms with Gasteiger partial charge < -0.3 is 25.3 Å². The van der Waals surface area contributed by atoms with Crippen LogP contribution in [0.2, 0.25) is 0 Å². The van der Waals surface area contributed by atoms with Crippen molar-refractivity contribution in [3.63, 3.8) is 0 Å². The molecular weight excluding hydrogens is 296 g/mol. The molecule has 1 fully saturated rings. The topological polar surface area (TPSA) is 82.8 Å². The molecule has 1 aromatic rings. The van der Waals surface area contributed by atoms with Crippen LogP contribution in [0.1, 0.15) is 31.4 Å². The second-order valence-electron chi connectivity index (χ2n) is 5.91. The van der Waals surface area contributed by atoms with Crippen LogP contribution < -0.4 is 20.5 Å². The van der Waals surface area contributed by atoms with E-state index in [-0.39, 0.29) is 11.9 Å². The van der Waals surface area contributed by atoms with Gasteiger partial charge in [-0.1, -0.05) is 6.07 Å². The number of methoxy groups -OCH3 is 2. The van der Waals surface area contributed by atoms with Gasteiger partial charge in [-0.3, -0.25) is 4.79 Å². The van der Waals surface area contributed by atoms with E-state index in [1.807, 2.05) is 25.1 Å². The molecule has 0 saturated carbocycles. The van der Waals surface area contributed by atoms with E-state index in [9.17, 15) is 4.79 Å². The highest BCUT2D eigenvalue weighted by Crippen LogP contribution is 2.32. The summed E-state index contributed by atoms with van der Waals surface area (Å²) < 4.78 is 15.9. The molecule has 1 amide bonds. The van der Waals surface area contributed by atoms with Crippen molar-refractivity contribution in [1.29, 1.82) is 0 Å². The number of amides is 1. The summed E-state index contributed by atoms with van der Waals surface area (Å²) in [5.74, 6) is 1.30. The molecule has 1 aliphatic rings. The van der Waals surface area contributed by atoms with Gasteiger partial charge in [0.1, 0.15) is 0 Å². The quantitative estimate of drug-likeness (QED) is 0.832. The number of nitrogens with one attached hydrogen (secondary N) is 1. The molecule has 0 spiro atoms. The lowest BCUT2D eigenvalue weighted by atomic mass is 9.79. The number of carbonyl (C=O) groups excluding carboxylic acids is 1. The molecule has 0 aliphatic carbocycles. The van der Waals surface area contributed by atoms with Crippen molar-refractivity contribution in [2.45, 2.75) is 25.8 Å². The molecule has 0 aromatic heterocycles. The van der Waals surface area contributed by atoms with E-state index in [4.69, 9.17) is 19.9 Å². The van der Waals surface area contributed by atoms with Crippen LogP contribution in [0, 0.1) is 5.41 Å². The largest absolute Gasteiger partial charge is 0.493 e. The molecule has 1 aliphatic heterocycles. The summed E-state index contributed by atoms with van der Waals surface area (Å²) in [6.07, 6.45) is 1.32. The Hall–Kier alpha value is -1.79. The summed E-state index contributed by atoms with van der Waals surface area (Å²) in [5.41, 5.74) is 6.31. The molecule has 1 saturated heterocycles. The maximum absolute atomic E-state index is 12.7. The molecule has 128 valence electrons. The first kappa shape index (κ1) is 17.6. The van der Waals surface area contributed by atoms with E-state index in [0.717, 1.165) is 5.56 Å². The minimum atomic E-state index is -0.525. The fraction of sp³-hybridized carbons (Fsp3) is 0.588. The number of hydrogen-bond acceptors (Lipinski definition) is 5. The minimum Gasteiger partial charge on any atom is -0.493 e. The third kappa shape index (κ3) is 3.76. The molecular formula is C17H26N2O4. The highest BCUT2D eigenvalue weighted by atomic mass is 16.5. The van der Waals surface area contributed by atoms with Gasteiger partial charge in [-0.05, 0) is 37.5 Å². The van der Waals surface area contributed by atoms with E-state index in [1.54, 1.807) is 14.2 Å². The highest BCUT2D eigenvalue weighted by Gasteiger charge is 2.39. The van der Waals surface area contributed by atoms with Crippen molar-refractivity contribution in [1.82, 2.24) is 5.32 Å². The van der Waals surface area contributed by atoms with E-state index in [0.29, 0.717) is 44.1 Å². The Morgan fingerprint density at radius 1 is 1.30 bits per heavy atom. The second-order valence-corrected chi connectivity index (χ2v) is 5.91. The van der Waals surface area contributed by atoms with Crippen LogP contribution in [-0.2, 0) is 9.53 Å². The van der Waals surface area contributed by atoms with E-state index in [1.165, 1.54) is 0 Å². The number of rotatable bonds is 6. The zero-order valence-corrected chi connectivity index (χ0v) is 14.1. The maximum Gasteiger partial charge on any atom is 0.228 e. The fourth-order valence-corrected chi connectivity index (χ4v) is 2.84. The van der Waals surface area contributed by atoms with Crippen LogP contribution in [0.5, 0.6) is 11.5 Å².